The van der Waals surface area contributed by atoms with Gasteiger partial charge in [-0.15, -0.1) is 0 Å². The molecule has 1 aromatic carbocycles. The van der Waals surface area contributed by atoms with Gasteiger partial charge in [-0.2, -0.15) is 0 Å². The molecular formula is C18H24N2O2. The molecule has 0 unspecified atom stereocenters. The van der Waals surface area contributed by atoms with Crippen LogP contribution in [0, 0.1) is 20.8 Å². The number of aliphatic hydroxyl groups is 1. The van der Waals surface area contributed by atoms with Gasteiger partial charge in [0.2, 0.25) is 0 Å². The monoisotopic (exact) mass is 300 g/mol. The lowest BCUT2D eigenvalue weighted by Gasteiger charge is -2.39. The summed E-state index contributed by atoms with van der Waals surface area (Å²) in [7, 11) is 1.82. The van der Waals surface area contributed by atoms with Crippen molar-refractivity contribution >= 4 is 11.5 Å². The topological polar surface area (TPSA) is 52.6 Å². The van der Waals surface area contributed by atoms with Crippen molar-refractivity contribution in [1.82, 2.24) is 10.2 Å². The molecule has 2 heterocycles. The van der Waals surface area contributed by atoms with Gasteiger partial charge in [-0.1, -0.05) is 17.7 Å². The Morgan fingerprint density at radius 1 is 1.14 bits per heavy atom. The number of aliphatic hydroxyl groups excluding tert-OH is 1. The summed E-state index contributed by atoms with van der Waals surface area (Å²) in [6, 6.07) is 4.15. The third-order valence-electron chi connectivity index (χ3n) is 5.20. The van der Waals surface area contributed by atoms with Gasteiger partial charge in [0.15, 0.2) is 0 Å². The van der Waals surface area contributed by atoms with E-state index >= 15 is 0 Å². The number of likely N-dealkylation sites (N-methyl/N-ethyl adjacent to an activating group) is 1. The second-order valence-corrected chi connectivity index (χ2v) is 6.64. The van der Waals surface area contributed by atoms with Gasteiger partial charge in [-0.3, -0.25) is 4.79 Å². The standard InChI is InChI=1S/C18H24N2O2/c1-11-9-12(2)14(13(3)10-11)15-16(21)18(20(4)17(15)22)5-7-19-8-6-18/h9-10,19,21H,5-8H2,1-4H3. The zero-order valence-corrected chi connectivity index (χ0v) is 13.8. The van der Waals surface area contributed by atoms with Gasteiger partial charge in [0.1, 0.15) is 11.3 Å². The summed E-state index contributed by atoms with van der Waals surface area (Å²) >= 11 is 0. The van der Waals surface area contributed by atoms with Gasteiger partial charge >= 0.3 is 0 Å². The number of amides is 1. The number of benzene rings is 1. The van der Waals surface area contributed by atoms with Crippen molar-refractivity contribution in [3.63, 3.8) is 0 Å². The first-order valence-corrected chi connectivity index (χ1v) is 7.89. The van der Waals surface area contributed by atoms with Gasteiger partial charge in [0.25, 0.3) is 5.91 Å². The van der Waals surface area contributed by atoms with E-state index in [0.29, 0.717) is 5.57 Å². The second-order valence-electron chi connectivity index (χ2n) is 6.64. The molecule has 2 aliphatic heterocycles. The zero-order chi connectivity index (χ0) is 16.1. The summed E-state index contributed by atoms with van der Waals surface area (Å²) in [6.45, 7) is 7.71. The molecule has 2 aliphatic rings. The summed E-state index contributed by atoms with van der Waals surface area (Å²) in [5.74, 6) is 0.200. The summed E-state index contributed by atoms with van der Waals surface area (Å²) in [6.07, 6.45) is 1.52. The van der Waals surface area contributed by atoms with Gasteiger partial charge in [-0.05, 0) is 63.4 Å². The van der Waals surface area contributed by atoms with E-state index in [-0.39, 0.29) is 11.7 Å². The van der Waals surface area contributed by atoms with Crippen LogP contribution in [0.1, 0.15) is 35.1 Å². The van der Waals surface area contributed by atoms with E-state index < -0.39 is 5.54 Å². The van der Waals surface area contributed by atoms with Crippen molar-refractivity contribution < 1.29 is 9.90 Å². The molecule has 4 heteroatoms. The fourth-order valence-corrected chi connectivity index (χ4v) is 4.07. The van der Waals surface area contributed by atoms with E-state index in [0.717, 1.165) is 42.6 Å². The maximum absolute atomic E-state index is 12.9. The highest BCUT2D eigenvalue weighted by molar-refractivity contribution is 6.23. The van der Waals surface area contributed by atoms with Gasteiger partial charge in [0, 0.05) is 7.05 Å². The Morgan fingerprint density at radius 2 is 1.68 bits per heavy atom. The van der Waals surface area contributed by atoms with Gasteiger partial charge in [0.05, 0.1) is 5.57 Å². The maximum Gasteiger partial charge on any atom is 0.258 e. The Balaban J connectivity index is 2.20. The predicted molar refractivity (Wildman–Crippen MR) is 87.8 cm³/mol. The molecule has 1 saturated heterocycles. The molecule has 3 rings (SSSR count). The van der Waals surface area contributed by atoms with Crippen LogP contribution in [-0.2, 0) is 4.79 Å². The first-order valence-electron chi connectivity index (χ1n) is 7.89. The van der Waals surface area contributed by atoms with Crippen molar-refractivity contribution in [1.29, 1.82) is 0 Å². The number of carbonyl (C=O) groups excluding carboxylic acids is 1. The molecule has 1 aromatic rings. The van der Waals surface area contributed by atoms with Gasteiger partial charge < -0.3 is 15.3 Å². The number of rotatable bonds is 1. The van der Waals surface area contributed by atoms with Crippen molar-refractivity contribution in [2.75, 3.05) is 20.1 Å². The molecule has 118 valence electrons. The number of nitrogens with zero attached hydrogens (tertiary/aromatic N) is 1. The minimum absolute atomic E-state index is 0.0607. The van der Waals surface area contributed by atoms with Crippen LogP contribution in [0.2, 0.25) is 0 Å². The molecule has 0 bridgehead atoms. The fraction of sp³-hybridized carbons (Fsp3) is 0.500. The lowest BCUT2D eigenvalue weighted by Crippen LogP contribution is -2.52. The molecule has 1 fully saturated rings. The van der Waals surface area contributed by atoms with E-state index in [1.807, 2.05) is 20.9 Å². The minimum atomic E-state index is -0.526. The van der Waals surface area contributed by atoms with E-state index in [1.54, 1.807) is 4.90 Å². The van der Waals surface area contributed by atoms with Crippen LogP contribution in [0.4, 0.5) is 0 Å². The smallest absolute Gasteiger partial charge is 0.258 e. The molecule has 4 nitrogen and oxygen atoms in total. The first kappa shape index (κ1) is 15.1. The van der Waals surface area contributed by atoms with Crippen molar-refractivity contribution in [3.05, 3.63) is 40.1 Å². The number of hydrogen-bond acceptors (Lipinski definition) is 3. The van der Waals surface area contributed by atoms with Crippen molar-refractivity contribution in [2.45, 2.75) is 39.2 Å². The SMILES string of the molecule is Cc1cc(C)c(C2=C(O)C3(CCNCC3)N(C)C2=O)c(C)c1. The number of hydrogen-bond donors (Lipinski definition) is 2. The average Bonchev–Trinajstić information content (AvgIpc) is 2.63. The summed E-state index contributed by atoms with van der Waals surface area (Å²) in [5, 5.41) is 14.3. The maximum atomic E-state index is 12.9. The van der Waals surface area contributed by atoms with Crippen LogP contribution in [0.3, 0.4) is 0 Å². The minimum Gasteiger partial charge on any atom is -0.509 e. The van der Waals surface area contributed by atoms with Crippen molar-refractivity contribution in [3.8, 4) is 0 Å². The molecule has 22 heavy (non-hydrogen) atoms. The first-order chi connectivity index (χ1) is 10.4. The number of carbonyl (C=O) groups is 1. The number of nitrogens with one attached hydrogen (secondary N) is 1. The molecule has 0 atom stereocenters. The Hall–Kier alpha value is -1.81. The van der Waals surface area contributed by atoms with Crippen LogP contribution in [-0.4, -0.2) is 41.6 Å². The molecule has 0 saturated carbocycles. The normalized spacial score (nSPS) is 21.1. The van der Waals surface area contributed by atoms with E-state index in [1.165, 1.54) is 5.56 Å². The molecule has 1 spiro atoms. The van der Waals surface area contributed by atoms with Crippen LogP contribution >= 0.6 is 0 Å². The number of piperidine rings is 1. The van der Waals surface area contributed by atoms with E-state index in [9.17, 15) is 9.90 Å². The largest absolute Gasteiger partial charge is 0.509 e. The Morgan fingerprint density at radius 3 is 2.23 bits per heavy atom. The molecular weight excluding hydrogens is 276 g/mol. The Kier molecular flexibility index (Phi) is 3.52. The molecule has 2 N–H and O–H groups in total. The Bertz CT molecular complexity index is 647. The van der Waals surface area contributed by atoms with Crippen molar-refractivity contribution in [2.24, 2.45) is 0 Å². The molecule has 0 radical (unpaired) electrons. The van der Waals surface area contributed by atoms with Gasteiger partial charge in [-0.25, -0.2) is 0 Å². The summed E-state index contributed by atoms with van der Waals surface area (Å²) in [4.78, 5) is 14.6. The fourth-order valence-electron chi connectivity index (χ4n) is 4.07. The Labute approximate surface area is 131 Å². The van der Waals surface area contributed by atoms with Crippen LogP contribution < -0.4 is 5.32 Å². The summed E-state index contributed by atoms with van der Waals surface area (Å²) < 4.78 is 0. The average molecular weight is 300 g/mol. The summed E-state index contributed by atoms with van der Waals surface area (Å²) in [5.41, 5.74) is 4.14. The van der Waals surface area contributed by atoms with E-state index in [4.69, 9.17) is 0 Å². The van der Waals surface area contributed by atoms with Crippen LogP contribution in [0.25, 0.3) is 5.57 Å². The lowest BCUT2D eigenvalue weighted by atomic mass is 9.84. The van der Waals surface area contributed by atoms with Crippen LogP contribution in [0.5, 0.6) is 0 Å². The zero-order valence-electron chi connectivity index (χ0n) is 13.8. The van der Waals surface area contributed by atoms with Crippen LogP contribution in [0.15, 0.2) is 17.9 Å². The highest BCUT2D eigenvalue weighted by atomic mass is 16.3. The molecule has 0 aromatic heterocycles. The molecule has 0 aliphatic carbocycles. The van der Waals surface area contributed by atoms with E-state index in [2.05, 4.69) is 24.4 Å². The lowest BCUT2D eigenvalue weighted by molar-refractivity contribution is -0.127. The third kappa shape index (κ3) is 1.97. The highest BCUT2D eigenvalue weighted by Crippen LogP contribution is 2.44. The third-order valence-corrected chi connectivity index (χ3v) is 5.20. The predicted octanol–water partition coefficient (Wildman–Crippen LogP) is 2.48. The number of aryl methyl sites for hydroxylation is 3. The quantitative estimate of drug-likeness (QED) is 0.838. The highest BCUT2D eigenvalue weighted by Gasteiger charge is 2.51. The second kappa shape index (κ2) is 5.13. The molecule has 1 amide bonds.